The Kier molecular flexibility index (Phi) is 94.8. The summed E-state index contributed by atoms with van der Waals surface area (Å²) in [7, 11) is 51.4. The number of piperidine rings is 1. The lowest BCUT2D eigenvalue weighted by atomic mass is 9.98. The Hall–Kier alpha value is -6.71. The number of hydrogen-bond acceptors (Lipinski definition) is 15. The summed E-state index contributed by atoms with van der Waals surface area (Å²) in [5.74, 6) is 0.121. The van der Waals surface area contributed by atoms with Crippen LogP contribution < -0.4 is 101 Å². The number of nitrogens with two attached hydrogens (primary N) is 15. The molecule has 0 bridgehead atoms. The number of methoxy groups -OCH3 is 1. The molecule has 2 aromatic heterocycles. The standard InChI is InChI=1S/C8H16N2O.C7H11N3.4C7H14N2O.C7H10N2.C7H15NO2.C6H13NO.C5H13NO.C4H11NO.C3H8N2O.C3H6N2.C3H9NO/c1-9-5-3-7-10-6-2-4-8(10)11;1-6-3-10-7(4-8-2)5-9-6;1-9-4-2-3-6(5-9)7(8)10;3*1-8-6-4-2-3-5-9-7(6)10;1-8-6-7-4-2-3-5-9-7;1-7(2,3)10-6(9)5-8-4;1-7-5-6-3-2-4-8-6;1-3-7-5-4-6-2;1-5-3-4-6-2;1-5-2-3(4)6;1-4-3-5-2;1-4-2-3-5/h1-7,9H2;3,5H,2,4,8H2,1H3;6,9H,1-5H2,(H2,8,10);3*6H,1-5,8H2,(H,9,10);2-5H,1,6,8H2;4-5,8H2,1-3H3;6H,1-5,7H2;2-6H2,1H3;1,3-5H2,2H3;1-2,5H2,(H2,4,6);1,3-4H2;5H,1-4H2/t;;;2*6-;;;;;;;;;/m...10........./s1. The highest BCUT2D eigenvalue weighted by Gasteiger charge is 2.24. The molecule has 6 aliphatic rings. The summed E-state index contributed by atoms with van der Waals surface area (Å²) in [6.07, 6.45) is 22.8. The molecule has 684 valence electrons. The van der Waals surface area contributed by atoms with E-state index in [-0.39, 0.29) is 84.8 Å². The zero-order chi connectivity index (χ0) is 89.4. The summed E-state index contributed by atoms with van der Waals surface area (Å²) < 4.78 is 20.0. The Morgan fingerprint density at radius 1 is 0.650 bits per heavy atom. The van der Waals surface area contributed by atoms with Gasteiger partial charge in [0.2, 0.25) is 11.8 Å². The summed E-state index contributed by atoms with van der Waals surface area (Å²) in [4.78, 5) is 93.9. The number of nitrogens with one attached hydrogen (secondary N) is 4. The van der Waals surface area contributed by atoms with Crippen molar-refractivity contribution in [2.75, 3.05) is 138 Å². The van der Waals surface area contributed by atoms with Crippen molar-refractivity contribution in [2.24, 2.45) is 17.4 Å². The molecule has 0 aromatic carbocycles. The average Bonchev–Trinajstić information content (AvgIpc) is 1.91. The Bertz CT molecular complexity index is 2520. The number of amides is 6. The van der Waals surface area contributed by atoms with Gasteiger partial charge in [-0.15, -0.1) is 7.05 Å². The van der Waals surface area contributed by atoms with E-state index < -0.39 is 0 Å². The molecule has 4 unspecified atom stereocenters. The number of hydrogen-bond donors (Lipinski definition) is 20. The quantitative estimate of drug-likeness (QED) is 0.0214. The molecule has 6 amide bonds. The van der Waals surface area contributed by atoms with Crippen molar-refractivity contribution in [3.63, 3.8) is 0 Å². The van der Waals surface area contributed by atoms with Gasteiger partial charge in [0, 0.05) is 97.5 Å². The van der Waals surface area contributed by atoms with Gasteiger partial charge in [0.25, 0.3) is 23.6 Å². The fraction of sp³-hybridized carbons (Fsp3) is 0.617. The lowest BCUT2D eigenvalue weighted by molar-refractivity contribution is -0.861. The molecule has 0 aliphatic carbocycles. The van der Waals surface area contributed by atoms with Gasteiger partial charge in [-0.1, -0.05) is 6.07 Å². The molecular formula is C81H168N24O12. The van der Waals surface area contributed by atoms with Gasteiger partial charge < -0.3 is 130 Å². The highest BCUT2D eigenvalue weighted by Crippen LogP contribution is 2.11. The van der Waals surface area contributed by atoms with E-state index >= 15 is 0 Å². The first-order chi connectivity index (χ1) is 56.1. The number of aliphatic hydroxyl groups excluding tert-OH is 1. The van der Waals surface area contributed by atoms with Crippen molar-refractivity contribution in [3.05, 3.63) is 164 Å². The molecule has 6 fully saturated rings. The molecule has 36 heteroatoms. The first-order valence-corrected chi connectivity index (χ1v) is 41.0. The first kappa shape index (κ1) is 121. The molecule has 36 nitrogen and oxygen atoms in total. The van der Waals surface area contributed by atoms with Gasteiger partial charge >= 0.3 is 12.6 Å². The zero-order valence-corrected chi connectivity index (χ0v) is 73.0. The number of carbonyl (C=O) groups excluding carboxylic acids is 7. The number of aryl methyl sites for hydroxylation is 1. The summed E-state index contributed by atoms with van der Waals surface area (Å²) in [5.41, 5.74) is 12.5. The SMILES string of the molecule is [C-]#[N+]C[NH2+][CH2-].[CH2-][NH+]1CCCC(C(N)=O)C1.[CH2-][NH2+]C1CCCCNC1=O.[CH2-][NH2+]CC(=O)OC(C)(C)C.[CH2-][NH2+]CC(N)=O.[CH2-][NH2+]CC1CCCO1.[CH2-][NH2+]CCCN1CCCC1=O.[CH2-][NH2+]CCO.[CH2-][NH2+]CCOC.[CH2-][NH2+]CCOCC.[CH2-][NH2+]Cc1ccccn1.[CH2-][NH2+]Cc1cnc(C)cn1.[CH2-][NH2+][C@@H]1CCCCNC1=O.[CH2-][NH2+][C@H]1CCCCNC1=O. The van der Waals surface area contributed by atoms with Crippen LogP contribution in [0.1, 0.15) is 148 Å². The second-order valence-corrected chi connectivity index (χ2v) is 27.7. The minimum atomic E-state index is -0.375. The second-order valence-electron chi connectivity index (χ2n) is 27.7. The van der Waals surface area contributed by atoms with E-state index in [2.05, 4.69) is 134 Å². The lowest BCUT2D eigenvalue weighted by Crippen LogP contribution is -3.08. The smallest absolute Gasteiger partial charge is 0.359 e. The molecule has 35 N–H and O–H groups in total. The number of ether oxygens (including phenoxy) is 4. The average molecular weight is 1670 g/mol. The van der Waals surface area contributed by atoms with Crippen LogP contribution >= 0.6 is 0 Å². The molecule has 2 aromatic rings. The number of carbonyl (C=O) groups is 7. The Balaban J connectivity index is -0.000000285. The first-order valence-electron chi connectivity index (χ1n) is 41.0. The van der Waals surface area contributed by atoms with Crippen molar-refractivity contribution in [3.8, 4) is 0 Å². The summed E-state index contributed by atoms with van der Waals surface area (Å²) >= 11 is 0. The van der Waals surface area contributed by atoms with Crippen LogP contribution in [0.2, 0.25) is 0 Å². The van der Waals surface area contributed by atoms with Crippen molar-refractivity contribution < 1.29 is 132 Å². The number of esters is 1. The predicted molar refractivity (Wildman–Crippen MR) is 448 cm³/mol. The van der Waals surface area contributed by atoms with E-state index in [9.17, 15) is 33.6 Å². The molecule has 8 rings (SSSR count). The van der Waals surface area contributed by atoms with Gasteiger partial charge in [-0.05, 0) is 117 Å². The van der Waals surface area contributed by atoms with Crippen LogP contribution in [0.4, 0.5) is 0 Å². The summed E-state index contributed by atoms with van der Waals surface area (Å²) in [6.45, 7) is 32.8. The van der Waals surface area contributed by atoms with Crippen LogP contribution in [-0.2, 0) is 65.6 Å². The number of likely N-dealkylation sites (tertiary alicyclic amines) is 2. The molecule has 0 spiro atoms. The minimum absolute atomic E-state index is 0.0579. The van der Waals surface area contributed by atoms with Crippen LogP contribution in [-0.4, -0.2) is 235 Å². The summed E-state index contributed by atoms with van der Waals surface area (Å²) in [6, 6.07) is 6.05. The molecule has 0 radical (unpaired) electrons. The van der Waals surface area contributed by atoms with Gasteiger partial charge in [0.1, 0.15) is 42.1 Å². The maximum atomic E-state index is 11.1. The topological polar surface area (TPSA) is 531 Å². The fourth-order valence-electron chi connectivity index (χ4n) is 9.99. The van der Waals surface area contributed by atoms with Crippen molar-refractivity contribution >= 4 is 41.4 Å². The maximum Gasteiger partial charge on any atom is 0.359 e. The third-order valence-electron chi connectivity index (χ3n) is 16.2. The van der Waals surface area contributed by atoms with Crippen LogP contribution in [0.5, 0.6) is 0 Å². The largest absolute Gasteiger partial charge is 0.479 e. The van der Waals surface area contributed by atoms with Gasteiger partial charge in [-0.3, -0.25) is 48.6 Å². The van der Waals surface area contributed by atoms with E-state index in [1.165, 1.54) is 28.4 Å². The number of pyridine rings is 1. The minimum Gasteiger partial charge on any atom is -0.479 e. The predicted octanol–water partition coefficient (Wildman–Crippen LogP) is -12.5. The Morgan fingerprint density at radius 2 is 1.19 bits per heavy atom. The van der Waals surface area contributed by atoms with Gasteiger partial charge in [-0.2, -0.15) is 91.6 Å². The Morgan fingerprint density at radius 3 is 1.51 bits per heavy atom. The fourth-order valence-corrected chi connectivity index (χ4v) is 9.99. The third-order valence-corrected chi connectivity index (χ3v) is 16.2. The molecular weight excluding hydrogens is 1500 g/mol. The van der Waals surface area contributed by atoms with Crippen molar-refractivity contribution in [1.29, 1.82) is 0 Å². The Labute approximate surface area is 705 Å². The van der Waals surface area contributed by atoms with Crippen LogP contribution in [0.15, 0.2) is 36.8 Å². The van der Waals surface area contributed by atoms with Crippen molar-refractivity contribution in [2.45, 2.75) is 180 Å². The highest BCUT2D eigenvalue weighted by molar-refractivity contribution is 5.81. The normalized spacial score (nSPS) is 18.1. The van der Waals surface area contributed by atoms with Crippen molar-refractivity contribution in [1.82, 2.24) is 35.8 Å². The zero-order valence-electron chi connectivity index (χ0n) is 73.0. The van der Waals surface area contributed by atoms with Crippen LogP contribution in [0, 0.1) is 118 Å². The van der Waals surface area contributed by atoms with Crippen LogP contribution in [0.3, 0.4) is 0 Å². The monoisotopic (exact) mass is 1670 g/mol. The number of primary amides is 2. The highest BCUT2D eigenvalue weighted by atomic mass is 16.6. The molecule has 0 saturated carbocycles. The maximum absolute atomic E-state index is 11.1. The second kappa shape index (κ2) is 91.6. The lowest BCUT2D eigenvalue weighted by Gasteiger charge is -2.29. The number of aliphatic hydroxyl groups is 1. The number of nitrogens with zero attached hydrogens (tertiary/aromatic N) is 5. The molecule has 117 heavy (non-hydrogen) atoms. The van der Waals surface area contributed by atoms with E-state index in [0.717, 1.165) is 218 Å². The third kappa shape index (κ3) is 86.9. The number of quaternary nitrogens is 14. The number of rotatable bonds is 28. The van der Waals surface area contributed by atoms with E-state index in [1.54, 1.807) is 52.3 Å². The van der Waals surface area contributed by atoms with E-state index in [4.69, 9.17) is 42.1 Å². The molecule has 6 atom stereocenters. The van der Waals surface area contributed by atoms with E-state index in [0.29, 0.717) is 25.2 Å². The molecule has 6 aliphatic heterocycles. The van der Waals surface area contributed by atoms with Gasteiger partial charge in [0.05, 0.1) is 102 Å². The van der Waals surface area contributed by atoms with Crippen LogP contribution in [0.25, 0.3) is 4.85 Å². The van der Waals surface area contributed by atoms with Gasteiger partial charge in [-0.25, -0.2) is 11.4 Å². The molecule has 6 saturated heterocycles. The molecule has 8 heterocycles. The van der Waals surface area contributed by atoms with Gasteiger partial charge in [0.15, 0.2) is 6.54 Å². The van der Waals surface area contributed by atoms with E-state index in [1.807, 2.05) is 89.6 Å². The number of aromatic nitrogens is 3. The summed E-state index contributed by atoms with van der Waals surface area (Å²) in [5, 5.41) is 39.2.